The van der Waals surface area contributed by atoms with Crippen molar-refractivity contribution in [1.29, 1.82) is 0 Å². The summed E-state index contributed by atoms with van der Waals surface area (Å²) in [4.78, 5) is 0. The second kappa shape index (κ2) is 8.33. The lowest BCUT2D eigenvalue weighted by atomic mass is 9.82. The highest BCUT2D eigenvalue weighted by molar-refractivity contribution is 9.10. The van der Waals surface area contributed by atoms with Crippen molar-refractivity contribution in [2.45, 2.75) is 6.42 Å². The molecule has 0 unspecified atom stereocenters. The third kappa shape index (κ3) is 3.62. The molecule has 158 valence electrons. The Hall–Kier alpha value is -3.13. The summed E-state index contributed by atoms with van der Waals surface area (Å²) in [5, 5.41) is 0.749. The highest BCUT2D eigenvalue weighted by Crippen LogP contribution is 2.50. The first kappa shape index (κ1) is 20.5. The zero-order chi connectivity index (χ0) is 22.4. The second-order valence-electron chi connectivity index (χ2n) is 8.41. The molecule has 0 radical (unpaired) electrons. The van der Waals surface area contributed by atoms with Crippen LogP contribution in [0, 0.1) is 0 Å². The van der Waals surface area contributed by atoms with Gasteiger partial charge in [0.2, 0.25) is 0 Å². The van der Waals surface area contributed by atoms with E-state index in [1.54, 1.807) is 0 Å². The lowest BCUT2D eigenvalue weighted by Gasteiger charge is -2.21. The molecule has 1 aliphatic carbocycles. The largest absolute Gasteiger partial charge is 0.0843 e. The van der Waals surface area contributed by atoms with Crippen LogP contribution in [-0.2, 0) is 6.42 Å². The predicted molar refractivity (Wildman–Crippen MR) is 144 cm³/mol. The summed E-state index contributed by atoms with van der Waals surface area (Å²) in [6.07, 6.45) is 0.937. The first-order valence-electron chi connectivity index (χ1n) is 11.0. The van der Waals surface area contributed by atoms with Crippen molar-refractivity contribution in [1.82, 2.24) is 0 Å². The summed E-state index contributed by atoms with van der Waals surface area (Å²) >= 11 is 9.89. The summed E-state index contributed by atoms with van der Waals surface area (Å²) in [5.41, 5.74) is 12.9. The van der Waals surface area contributed by atoms with Gasteiger partial charge < -0.3 is 0 Å². The van der Waals surface area contributed by atoms with Gasteiger partial charge in [-0.2, -0.15) is 0 Å². The molecule has 0 spiro atoms. The van der Waals surface area contributed by atoms with E-state index in [1.165, 1.54) is 55.6 Å². The van der Waals surface area contributed by atoms with Gasteiger partial charge in [0.25, 0.3) is 0 Å². The molecule has 0 amide bonds. The van der Waals surface area contributed by atoms with Gasteiger partial charge in [0.1, 0.15) is 0 Å². The fourth-order valence-corrected chi connectivity index (χ4v) is 5.36. The number of hydrogen-bond acceptors (Lipinski definition) is 0. The summed E-state index contributed by atoms with van der Waals surface area (Å²) in [6.45, 7) is 0. The van der Waals surface area contributed by atoms with Crippen LogP contribution in [0.15, 0.2) is 114 Å². The first-order valence-corrected chi connectivity index (χ1v) is 12.2. The molecule has 5 aromatic rings. The molecular weight excluding hydrogens is 488 g/mol. The van der Waals surface area contributed by atoms with Crippen LogP contribution in [-0.4, -0.2) is 0 Å². The van der Waals surface area contributed by atoms with Crippen LogP contribution < -0.4 is 0 Å². The lowest BCUT2D eigenvalue weighted by molar-refractivity contribution is 1.26. The Balaban J connectivity index is 1.75. The van der Waals surface area contributed by atoms with Gasteiger partial charge in [-0.1, -0.05) is 106 Å². The molecule has 6 rings (SSSR count). The molecule has 0 atom stereocenters. The van der Waals surface area contributed by atoms with E-state index in [1.807, 2.05) is 12.1 Å². The Kier molecular flexibility index (Phi) is 5.17. The fraction of sp³-hybridized carbons (Fsp3) is 0.0323. The number of rotatable bonds is 3. The zero-order valence-electron chi connectivity index (χ0n) is 17.9. The highest BCUT2D eigenvalue weighted by Gasteiger charge is 2.27. The standard InChI is InChI=1S/C31H20BrCl/c32-24-14-10-21(11-15-24)31-29-18-23-8-4-5-9-26(23)28(29)19-27(20-6-2-1-3-7-20)30(31)22-12-16-25(33)17-13-22/h1-17,19H,18H2. The average molecular weight is 508 g/mol. The van der Waals surface area contributed by atoms with Gasteiger partial charge in [-0.3, -0.25) is 0 Å². The normalized spacial score (nSPS) is 11.8. The van der Waals surface area contributed by atoms with E-state index >= 15 is 0 Å². The molecule has 0 aromatic heterocycles. The Morgan fingerprint density at radius 1 is 0.545 bits per heavy atom. The molecule has 2 heteroatoms. The van der Waals surface area contributed by atoms with Gasteiger partial charge in [0.15, 0.2) is 0 Å². The summed E-state index contributed by atoms with van der Waals surface area (Å²) in [5.74, 6) is 0. The quantitative estimate of drug-likeness (QED) is 0.224. The van der Waals surface area contributed by atoms with E-state index < -0.39 is 0 Å². The molecule has 0 aliphatic heterocycles. The molecule has 0 N–H and O–H groups in total. The minimum Gasteiger partial charge on any atom is -0.0843 e. The molecule has 5 aromatic carbocycles. The van der Waals surface area contributed by atoms with Gasteiger partial charge in [-0.15, -0.1) is 0 Å². The van der Waals surface area contributed by atoms with Crippen LogP contribution in [0.3, 0.4) is 0 Å². The highest BCUT2D eigenvalue weighted by atomic mass is 79.9. The maximum atomic E-state index is 6.28. The zero-order valence-corrected chi connectivity index (χ0v) is 20.2. The summed E-state index contributed by atoms with van der Waals surface area (Å²) in [6, 6.07) is 38.8. The topological polar surface area (TPSA) is 0 Å². The number of fused-ring (bicyclic) bond motifs is 3. The van der Waals surface area contributed by atoms with E-state index in [-0.39, 0.29) is 0 Å². The molecule has 0 heterocycles. The van der Waals surface area contributed by atoms with E-state index in [0.717, 1.165) is 15.9 Å². The lowest BCUT2D eigenvalue weighted by Crippen LogP contribution is -1.97. The van der Waals surface area contributed by atoms with Crippen molar-refractivity contribution >= 4 is 27.5 Å². The van der Waals surface area contributed by atoms with Crippen molar-refractivity contribution in [3.05, 3.63) is 130 Å². The van der Waals surface area contributed by atoms with Gasteiger partial charge in [0.05, 0.1) is 0 Å². The third-order valence-electron chi connectivity index (χ3n) is 6.46. The average Bonchev–Trinajstić information content (AvgIpc) is 3.23. The van der Waals surface area contributed by atoms with Crippen LogP contribution in [0.4, 0.5) is 0 Å². The molecule has 1 aliphatic rings. The van der Waals surface area contributed by atoms with Gasteiger partial charge in [0, 0.05) is 9.50 Å². The molecule has 33 heavy (non-hydrogen) atoms. The van der Waals surface area contributed by atoms with Gasteiger partial charge in [-0.25, -0.2) is 0 Å². The van der Waals surface area contributed by atoms with Crippen molar-refractivity contribution in [3.8, 4) is 44.5 Å². The maximum absolute atomic E-state index is 6.28. The van der Waals surface area contributed by atoms with Crippen LogP contribution in [0.1, 0.15) is 11.1 Å². The van der Waals surface area contributed by atoms with Crippen LogP contribution >= 0.6 is 27.5 Å². The minimum absolute atomic E-state index is 0.749. The van der Waals surface area contributed by atoms with Crippen molar-refractivity contribution in [3.63, 3.8) is 0 Å². The monoisotopic (exact) mass is 506 g/mol. The maximum Gasteiger partial charge on any atom is 0.0406 e. The van der Waals surface area contributed by atoms with Crippen molar-refractivity contribution in [2.75, 3.05) is 0 Å². The molecule has 0 saturated heterocycles. The van der Waals surface area contributed by atoms with Gasteiger partial charge in [-0.05, 0) is 92.4 Å². The minimum atomic E-state index is 0.749. The van der Waals surface area contributed by atoms with Crippen LogP contribution in [0.2, 0.25) is 5.02 Å². The molecule has 0 bridgehead atoms. The Morgan fingerprint density at radius 2 is 1.18 bits per heavy atom. The number of benzene rings is 5. The molecular formula is C31H20BrCl. The number of hydrogen-bond donors (Lipinski definition) is 0. The Bertz CT molecular complexity index is 1470. The molecule has 0 fully saturated rings. The summed E-state index contributed by atoms with van der Waals surface area (Å²) < 4.78 is 1.08. The van der Waals surface area contributed by atoms with Crippen LogP contribution in [0.5, 0.6) is 0 Å². The smallest absolute Gasteiger partial charge is 0.0406 e. The third-order valence-corrected chi connectivity index (χ3v) is 7.24. The van der Waals surface area contributed by atoms with E-state index in [9.17, 15) is 0 Å². The Morgan fingerprint density at radius 3 is 1.94 bits per heavy atom. The fourth-order valence-electron chi connectivity index (χ4n) is 4.97. The summed E-state index contributed by atoms with van der Waals surface area (Å²) in [7, 11) is 0. The first-order chi connectivity index (χ1) is 16.2. The second-order valence-corrected chi connectivity index (χ2v) is 9.77. The van der Waals surface area contributed by atoms with Crippen molar-refractivity contribution in [2.24, 2.45) is 0 Å². The molecule has 0 saturated carbocycles. The molecule has 0 nitrogen and oxygen atoms in total. The SMILES string of the molecule is Clc1ccc(-c2c(-c3ccccc3)cc3c(c2-c2ccc(Br)cc2)Cc2ccccc2-3)cc1. The Labute approximate surface area is 207 Å². The van der Waals surface area contributed by atoms with Crippen LogP contribution in [0.25, 0.3) is 44.5 Å². The van der Waals surface area contributed by atoms with E-state index in [0.29, 0.717) is 0 Å². The van der Waals surface area contributed by atoms with Crippen molar-refractivity contribution < 1.29 is 0 Å². The van der Waals surface area contributed by atoms with Gasteiger partial charge >= 0.3 is 0 Å². The van der Waals surface area contributed by atoms with E-state index in [2.05, 4.69) is 113 Å². The predicted octanol–water partition coefficient (Wildman–Crippen LogP) is 9.67. The number of halogens is 2. The van der Waals surface area contributed by atoms with E-state index in [4.69, 9.17) is 11.6 Å².